The van der Waals surface area contributed by atoms with Crippen molar-refractivity contribution in [1.82, 2.24) is 0 Å². The number of aromatic hydroxyl groups is 1. The van der Waals surface area contributed by atoms with Gasteiger partial charge in [0.15, 0.2) is 11.5 Å². The zero-order valence-electron chi connectivity index (χ0n) is 16.5. The lowest BCUT2D eigenvalue weighted by molar-refractivity contribution is -0.914. The zero-order valence-corrected chi connectivity index (χ0v) is 18.1. The van der Waals surface area contributed by atoms with E-state index in [1.807, 2.05) is 24.3 Å². The number of quaternary nitrogens is 1. The standard InChI is InChI=1S/C22H24BrNO5/c1-27-11-9-24(10-12-28-2)14-18-19(25)8-7-17-21(26)20(29-22(17)18)13-15-3-5-16(23)6-4-15/h3-8,13,25H,9-12,14H2,1-2H3/p+1/b20-13-. The summed E-state index contributed by atoms with van der Waals surface area (Å²) >= 11 is 3.40. The van der Waals surface area contributed by atoms with E-state index >= 15 is 0 Å². The van der Waals surface area contributed by atoms with Gasteiger partial charge in [0.25, 0.3) is 0 Å². The predicted molar refractivity (Wildman–Crippen MR) is 113 cm³/mol. The smallest absolute Gasteiger partial charge is 0.231 e. The van der Waals surface area contributed by atoms with Crippen LogP contribution in [0.15, 0.2) is 46.6 Å². The third-order valence-corrected chi connectivity index (χ3v) is 5.36. The Morgan fingerprint density at radius 1 is 1.07 bits per heavy atom. The van der Waals surface area contributed by atoms with Gasteiger partial charge in [-0.1, -0.05) is 28.1 Å². The van der Waals surface area contributed by atoms with Gasteiger partial charge in [0, 0.05) is 18.7 Å². The van der Waals surface area contributed by atoms with Crippen molar-refractivity contribution >= 4 is 27.8 Å². The molecule has 1 aliphatic heterocycles. The number of carbonyl (C=O) groups excluding carboxylic acids is 1. The van der Waals surface area contributed by atoms with Gasteiger partial charge < -0.3 is 24.2 Å². The van der Waals surface area contributed by atoms with Crippen LogP contribution in [-0.4, -0.2) is 51.4 Å². The second-order valence-corrected chi connectivity index (χ2v) is 7.76. The molecule has 0 fully saturated rings. The fourth-order valence-corrected chi connectivity index (χ4v) is 3.49. The number of methoxy groups -OCH3 is 2. The minimum absolute atomic E-state index is 0.119. The maximum atomic E-state index is 12.8. The summed E-state index contributed by atoms with van der Waals surface area (Å²) in [5.74, 6) is 0.628. The van der Waals surface area contributed by atoms with Gasteiger partial charge in [0.05, 0.1) is 24.3 Å². The summed E-state index contributed by atoms with van der Waals surface area (Å²) in [5.41, 5.74) is 1.96. The topological polar surface area (TPSA) is 69.4 Å². The third-order valence-electron chi connectivity index (χ3n) is 4.83. The molecule has 0 aromatic heterocycles. The Balaban J connectivity index is 1.88. The molecule has 2 aromatic carbocycles. The van der Waals surface area contributed by atoms with Crippen molar-refractivity contribution in [2.24, 2.45) is 0 Å². The summed E-state index contributed by atoms with van der Waals surface area (Å²) in [7, 11) is 3.32. The Labute approximate surface area is 178 Å². The molecule has 29 heavy (non-hydrogen) atoms. The van der Waals surface area contributed by atoms with Crippen LogP contribution in [0.25, 0.3) is 6.08 Å². The first-order valence-electron chi connectivity index (χ1n) is 9.39. The number of phenols is 1. The van der Waals surface area contributed by atoms with Gasteiger partial charge in [-0.15, -0.1) is 0 Å². The summed E-state index contributed by atoms with van der Waals surface area (Å²) < 4.78 is 17.3. The van der Waals surface area contributed by atoms with Gasteiger partial charge >= 0.3 is 0 Å². The van der Waals surface area contributed by atoms with E-state index < -0.39 is 0 Å². The van der Waals surface area contributed by atoms with Crippen LogP contribution in [0.4, 0.5) is 0 Å². The number of carbonyl (C=O) groups is 1. The van der Waals surface area contributed by atoms with E-state index in [4.69, 9.17) is 14.2 Å². The van der Waals surface area contributed by atoms with Crippen LogP contribution in [-0.2, 0) is 16.0 Å². The van der Waals surface area contributed by atoms with E-state index in [-0.39, 0.29) is 17.3 Å². The van der Waals surface area contributed by atoms with E-state index in [1.54, 1.807) is 32.4 Å². The quantitative estimate of drug-likeness (QED) is 0.560. The van der Waals surface area contributed by atoms with Crippen molar-refractivity contribution < 1.29 is 29.0 Å². The molecule has 154 valence electrons. The Morgan fingerprint density at radius 3 is 2.34 bits per heavy atom. The molecule has 2 aromatic rings. The van der Waals surface area contributed by atoms with Gasteiger partial charge in [-0.2, -0.15) is 0 Å². The molecule has 3 rings (SSSR count). The first-order chi connectivity index (χ1) is 14.0. The van der Waals surface area contributed by atoms with Gasteiger partial charge in [-0.25, -0.2) is 0 Å². The lowest BCUT2D eigenvalue weighted by Gasteiger charge is -2.20. The second kappa shape index (κ2) is 10.0. The van der Waals surface area contributed by atoms with Crippen molar-refractivity contribution in [2.75, 3.05) is 40.5 Å². The molecule has 0 amide bonds. The van der Waals surface area contributed by atoms with Crippen LogP contribution in [0.3, 0.4) is 0 Å². The molecule has 0 atom stereocenters. The lowest BCUT2D eigenvalue weighted by atomic mass is 10.0. The van der Waals surface area contributed by atoms with Crippen LogP contribution in [0.2, 0.25) is 0 Å². The molecular formula is C22H25BrNO5+. The molecule has 0 radical (unpaired) electrons. The SMILES string of the molecule is COCC[NH+](CCOC)Cc1c(O)ccc2c1O/C(=C\c1ccc(Br)cc1)C2=O. The maximum absolute atomic E-state index is 12.8. The number of benzene rings is 2. The number of ketones is 1. The molecular weight excluding hydrogens is 438 g/mol. The van der Waals surface area contributed by atoms with E-state index in [0.29, 0.717) is 36.6 Å². The molecule has 0 unspecified atom stereocenters. The number of rotatable bonds is 9. The molecule has 7 heteroatoms. The Hall–Kier alpha value is -2.19. The van der Waals surface area contributed by atoms with Gasteiger partial charge in [0.2, 0.25) is 5.78 Å². The number of nitrogens with one attached hydrogen (secondary N) is 1. The highest BCUT2D eigenvalue weighted by atomic mass is 79.9. The van der Waals surface area contributed by atoms with Crippen molar-refractivity contribution in [1.29, 1.82) is 0 Å². The molecule has 0 saturated heterocycles. The van der Waals surface area contributed by atoms with Crippen LogP contribution < -0.4 is 9.64 Å². The number of fused-ring (bicyclic) bond motifs is 1. The average Bonchev–Trinajstić information content (AvgIpc) is 3.03. The number of hydrogen-bond donors (Lipinski definition) is 2. The van der Waals surface area contributed by atoms with Gasteiger partial charge in [0.1, 0.15) is 25.4 Å². The normalized spacial score (nSPS) is 14.5. The highest BCUT2D eigenvalue weighted by molar-refractivity contribution is 9.10. The fourth-order valence-electron chi connectivity index (χ4n) is 3.22. The first kappa shape index (κ1) is 21.5. The maximum Gasteiger partial charge on any atom is 0.231 e. The summed E-state index contributed by atoms with van der Waals surface area (Å²) in [6.45, 7) is 3.17. The van der Waals surface area contributed by atoms with Crippen molar-refractivity contribution in [2.45, 2.75) is 6.54 Å². The summed E-state index contributed by atoms with van der Waals surface area (Å²) in [6, 6.07) is 10.8. The van der Waals surface area contributed by atoms with Gasteiger partial charge in [-0.05, 0) is 35.9 Å². The number of hydrogen-bond acceptors (Lipinski definition) is 5. The lowest BCUT2D eigenvalue weighted by Crippen LogP contribution is -3.11. The molecule has 1 heterocycles. The zero-order chi connectivity index (χ0) is 20.8. The molecule has 0 saturated carbocycles. The largest absolute Gasteiger partial charge is 0.507 e. The molecule has 6 nitrogen and oxygen atoms in total. The Bertz CT molecular complexity index is 887. The number of allylic oxidation sites excluding steroid dienone is 1. The van der Waals surface area contributed by atoms with Crippen molar-refractivity contribution in [3.8, 4) is 11.5 Å². The molecule has 0 aliphatic carbocycles. The number of ether oxygens (including phenoxy) is 3. The molecule has 2 N–H and O–H groups in total. The van der Waals surface area contributed by atoms with Crippen molar-refractivity contribution in [3.63, 3.8) is 0 Å². The van der Waals surface area contributed by atoms with Crippen LogP contribution in [0.1, 0.15) is 21.5 Å². The Kier molecular flexibility index (Phi) is 7.44. The minimum Gasteiger partial charge on any atom is -0.507 e. The fraction of sp³-hybridized carbons (Fsp3) is 0.318. The van der Waals surface area contributed by atoms with E-state index in [1.165, 1.54) is 4.90 Å². The van der Waals surface area contributed by atoms with Crippen LogP contribution in [0.5, 0.6) is 11.5 Å². The second-order valence-electron chi connectivity index (χ2n) is 6.84. The average molecular weight is 463 g/mol. The number of Topliss-reactive ketones (excluding diaryl/α,β-unsaturated/α-hetero) is 1. The monoisotopic (exact) mass is 462 g/mol. The minimum atomic E-state index is -0.181. The first-order valence-corrected chi connectivity index (χ1v) is 10.2. The van der Waals surface area contributed by atoms with E-state index in [0.717, 1.165) is 23.1 Å². The predicted octanol–water partition coefficient (Wildman–Crippen LogP) is 2.45. The number of halogens is 1. The summed E-state index contributed by atoms with van der Waals surface area (Å²) in [6.07, 6.45) is 1.72. The highest BCUT2D eigenvalue weighted by Gasteiger charge is 2.32. The van der Waals surface area contributed by atoms with E-state index in [9.17, 15) is 9.90 Å². The van der Waals surface area contributed by atoms with Crippen LogP contribution in [0, 0.1) is 0 Å². The highest BCUT2D eigenvalue weighted by Crippen LogP contribution is 2.39. The van der Waals surface area contributed by atoms with Crippen LogP contribution >= 0.6 is 15.9 Å². The molecule has 1 aliphatic rings. The molecule has 0 spiro atoms. The van der Waals surface area contributed by atoms with E-state index in [2.05, 4.69) is 15.9 Å². The van der Waals surface area contributed by atoms with Gasteiger partial charge in [-0.3, -0.25) is 4.79 Å². The summed E-state index contributed by atoms with van der Waals surface area (Å²) in [5, 5.41) is 10.5. The summed E-state index contributed by atoms with van der Waals surface area (Å²) in [4.78, 5) is 14.0. The number of phenolic OH excluding ortho intramolecular Hbond substituents is 1. The van der Waals surface area contributed by atoms with Crippen molar-refractivity contribution in [3.05, 3.63) is 63.3 Å². The third kappa shape index (κ3) is 5.25. The Morgan fingerprint density at radius 2 is 1.72 bits per heavy atom. The molecule has 0 bridgehead atoms.